The summed E-state index contributed by atoms with van der Waals surface area (Å²) in [4.78, 5) is 44.4. The van der Waals surface area contributed by atoms with Gasteiger partial charge in [-0.3, -0.25) is 9.78 Å². The van der Waals surface area contributed by atoms with Crippen LogP contribution in [0.3, 0.4) is 0 Å². The Hall–Kier alpha value is -4.37. The van der Waals surface area contributed by atoms with Crippen molar-refractivity contribution in [1.29, 1.82) is 0 Å². The van der Waals surface area contributed by atoms with Crippen LogP contribution in [-0.4, -0.2) is 56.0 Å². The molecule has 44 heavy (non-hydrogen) atoms. The molecule has 0 bridgehead atoms. The molecule has 1 fully saturated rings. The molecule has 0 spiro atoms. The van der Waals surface area contributed by atoms with E-state index in [4.69, 9.17) is 21.6 Å². The molecule has 4 heterocycles. The van der Waals surface area contributed by atoms with Gasteiger partial charge < -0.3 is 9.80 Å². The fourth-order valence-electron chi connectivity index (χ4n) is 5.85. The SMILES string of the molecule is C=Cc1ccccc1-c1nc2c(cc1Cl)c(N1CCN(C(=O)C(=C)F)C[C@@H]1C)nc(=O)n2-c1c(C(C)C)ccnc1C(C)C. The zero-order valence-electron chi connectivity index (χ0n) is 25.6. The van der Waals surface area contributed by atoms with Crippen LogP contribution >= 0.6 is 11.6 Å². The van der Waals surface area contributed by atoms with E-state index >= 15 is 0 Å². The second-order valence-corrected chi connectivity index (χ2v) is 12.1. The maximum absolute atomic E-state index is 14.3. The molecule has 1 amide bonds. The van der Waals surface area contributed by atoms with Gasteiger partial charge in [0.1, 0.15) is 5.82 Å². The van der Waals surface area contributed by atoms with E-state index in [0.717, 1.165) is 22.4 Å². The fourth-order valence-corrected chi connectivity index (χ4v) is 6.10. The number of hydrogen-bond donors (Lipinski definition) is 0. The average Bonchev–Trinajstić information content (AvgIpc) is 2.99. The largest absolute Gasteiger partial charge is 0.355 e. The summed E-state index contributed by atoms with van der Waals surface area (Å²) in [5.74, 6) is -1.25. The highest BCUT2D eigenvalue weighted by molar-refractivity contribution is 6.34. The van der Waals surface area contributed by atoms with Crippen LogP contribution in [0, 0.1) is 0 Å². The molecule has 1 aromatic carbocycles. The van der Waals surface area contributed by atoms with Crippen molar-refractivity contribution >= 4 is 40.4 Å². The lowest BCUT2D eigenvalue weighted by Crippen LogP contribution is -2.54. The summed E-state index contributed by atoms with van der Waals surface area (Å²) in [6.45, 7) is 18.0. The van der Waals surface area contributed by atoms with E-state index in [1.807, 2.05) is 56.0 Å². The van der Waals surface area contributed by atoms with E-state index in [1.54, 1.807) is 22.9 Å². The second kappa shape index (κ2) is 12.3. The van der Waals surface area contributed by atoms with Crippen molar-refractivity contribution < 1.29 is 9.18 Å². The Morgan fingerprint density at radius 2 is 1.84 bits per heavy atom. The van der Waals surface area contributed by atoms with Crippen LogP contribution in [0.5, 0.6) is 0 Å². The lowest BCUT2D eigenvalue weighted by Gasteiger charge is -2.40. The standard InChI is InChI=1S/C34H36ClFN6O2/c1-8-23-11-9-10-12-25(23)29-27(35)17-26-31(41-16-15-40(18-21(41)6)33(43)22(7)36)39-34(44)42(32(26)38-29)30-24(19(2)3)13-14-37-28(30)20(4)5/h8-14,17,19-21H,1,7,15-16,18H2,2-6H3/t21-/m0/s1. The number of anilines is 1. The lowest BCUT2D eigenvalue weighted by molar-refractivity contribution is -0.129. The molecule has 0 saturated carbocycles. The van der Waals surface area contributed by atoms with E-state index in [-0.39, 0.29) is 31.0 Å². The Balaban J connectivity index is 1.83. The quantitative estimate of drug-likeness (QED) is 0.210. The fraction of sp³-hybridized carbons (Fsp3) is 0.324. The lowest BCUT2D eigenvalue weighted by atomic mass is 9.97. The predicted molar refractivity (Wildman–Crippen MR) is 175 cm³/mol. The van der Waals surface area contributed by atoms with Gasteiger partial charge in [0.2, 0.25) is 0 Å². The van der Waals surface area contributed by atoms with Crippen LogP contribution < -0.4 is 10.6 Å². The molecule has 1 saturated heterocycles. The summed E-state index contributed by atoms with van der Waals surface area (Å²) < 4.78 is 15.2. The van der Waals surface area contributed by atoms with Gasteiger partial charge in [0, 0.05) is 37.4 Å². The monoisotopic (exact) mass is 614 g/mol. The van der Waals surface area contributed by atoms with Gasteiger partial charge in [0.25, 0.3) is 5.91 Å². The van der Waals surface area contributed by atoms with Gasteiger partial charge in [-0.2, -0.15) is 4.98 Å². The smallest absolute Gasteiger partial charge is 0.350 e. The minimum atomic E-state index is -1.00. The van der Waals surface area contributed by atoms with Crippen LogP contribution in [-0.2, 0) is 4.79 Å². The summed E-state index contributed by atoms with van der Waals surface area (Å²) in [6.07, 6.45) is 3.51. The van der Waals surface area contributed by atoms with Crippen molar-refractivity contribution in [2.75, 3.05) is 24.5 Å². The first kappa shape index (κ1) is 31.1. The molecule has 3 aromatic heterocycles. The first-order valence-corrected chi connectivity index (χ1v) is 15.1. The third kappa shape index (κ3) is 5.52. The number of rotatable bonds is 7. The number of carbonyl (C=O) groups is 1. The summed E-state index contributed by atoms with van der Waals surface area (Å²) in [5, 5.41) is 0.957. The van der Waals surface area contributed by atoms with Crippen LogP contribution in [0.1, 0.15) is 63.3 Å². The van der Waals surface area contributed by atoms with Crippen LogP contribution in [0.2, 0.25) is 5.02 Å². The topological polar surface area (TPSA) is 84.2 Å². The number of piperazine rings is 1. The van der Waals surface area contributed by atoms with Gasteiger partial charge >= 0.3 is 5.69 Å². The Morgan fingerprint density at radius 3 is 2.48 bits per heavy atom. The minimum absolute atomic E-state index is 0.00878. The number of aromatic nitrogens is 4. The molecule has 0 unspecified atom stereocenters. The van der Waals surface area contributed by atoms with Crippen molar-refractivity contribution in [2.24, 2.45) is 0 Å². The minimum Gasteiger partial charge on any atom is -0.350 e. The summed E-state index contributed by atoms with van der Waals surface area (Å²) in [7, 11) is 0. The first-order chi connectivity index (χ1) is 20.9. The Labute approximate surface area is 261 Å². The number of amides is 1. The van der Waals surface area contributed by atoms with Crippen molar-refractivity contribution in [3.05, 3.63) is 93.9 Å². The van der Waals surface area contributed by atoms with Crippen molar-refractivity contribution in [3.8, 4) is 16.9 Å². The molecule has 0 N–H and O–H groups in total. The molecule has 1 aliphatic rings. The number of carbonyl (C=O) groups excluding carboxylic acids is 1. The number of hydrogen-bond acceptors (Lipinski definition) is 6. The Morgan fingerprint density at radius 1 is 1.11 bits per heavy atom. The van der Waals surface area contributed by atoms with Gasteiger partial charge in [0.05, 0.1) is 27.5 Å². The van der Waals surface area contributed by atoms with Gasteiger partial charge in [0.15, 0.2) is 11.5 Å². The molecule has 5 rings (SSSR count). The van der Waals surface area contributed by atoms with Crippen LogP contribution in [0.4, 0.5) is 10.2 Å². The zero-order valence-corrected chi connectivity index (χ0v) is 26.4. The van der Waals surface area contributed by atoms with Crippen LogP contribution in [0.15, 0.2) is 66.4 Å². The highest BCUT2D eigenvalue weighted by Gasteiger charge is 2.32. The third-order valence-electron chi connectivity index (χ3n) is 8.03. The molecule has 4 aromatic rings. The molecule has 228 valence electrons. The summed E-state index contributed by atoms with van der Waals surface area (Å²) in [5.41, 5.74) is 4.37. The summed E-state index contributed by atoms with van der Waals surface area (Å²) in [6, 6.07) is 11.1. The van der Waals surface area contributed by atoms with E-state index in [0.29, 0.717) is 39.8 Å². The third-order valence-corrected chi connectivity index (χ3v) is 8.32. The number of pyridine rings is 2. The van der Waals surface area contributed by atoms with E-state index in [9.17, 15) is 14.0 Å². The van der Waals surface area contributed by atoms with Gasteiger partial charge in [-0.05, 0) is 42.0 Å². The number of fused-ring (bicyclic) bond motifs is 1. The van der Waals surface area contributed by atoms with Gasteiger partial charge in [-0.25, -0.2) is 18.7 Å². The molecule has 1 atom stereocenters. The van der Waals surface area contributed by atoms with E-state index in [2.05, 4.69) is 32.0 Å². The number of halogens is 2. The molecule has 0 aliphatic carbocycles. The van der Waals surface area contributed by atoms with Gasteiger partial charge in [-0.15, -0.1) is 0 Å². The Bertz CT molecular complexity index is 1820. The Kier molecular flexibility index (Phi) is 8.70. The molecular weight excluding hydrogens is 579 g/mol. The molecular formula is C34H36ClFN6O2. The van der Waals surface area contributed by atoms with Crippen LogP contribution in [0.25, 0.3) is 34.1 Å². The number of nitrogens with zero attached hydrogens (tertiary/aromatic N) is 6. The van der Waals surface area contributed by atoms with Crippen molar-refractivity contribution in [1.82, 2.24) is 24.4 Å². The maximum Gasteiger partial charge on any atom is 0.355 e. The molecule has 1 aliphatic heterocycles. The van der Waals surface area contributed by atoms with Crippen molar-refractivity contribution in [3.63, 3.8) is 0 Å². The molecule has 10 heteroatoms. The zero-order chi connectivity index (χ0) is 31.9. The van der Waals surface area contributed by atoms with E-state index in [1.165, 1.54) is 4.90 Å². The summed E-state index contributed by atoms with van der Waals surface area (Å²) >= 11 is 6.97. The highest BCUT2D eigenvalue weighted by Crippen LogP contribution is 2.37. The normalized spacial score (nSPS) is 15.3. The predicted octanol–water partition coefficient (Wildman–Crippen LogP) is 6.91. The average molecular weight is 615 g/mol. The first-order valence-electron chi connectivity index (χ1n) is 14.7. The molecule has 0 radical (unpaired) electrons. The van der Waals surface area contributed by atoms with Gasteiger partial charge in [-0.1, -0.05) is 82.8 Å². The van der Waals surface area contributed by atoms with Crippen molar-refractivity contribution in [2.45, 2.75) is 52.5 Å². The van der Waals surface area contributed by atoms with E-state index < -0.39 is 17.4 Å². The highest BCUT2D eigenvalue weighted by atomic mass is 35.5. The number of benzene rings is 1. The second-order valence-electron chi connectivity index (χ2n) is 11.7. The maximum atomic E-state index is 14.3. The molecule has 8 nitrogen and oxygen atoms in total.